The molecule has 0 aromatic heterocycles. The molecule has 0 radical (unpaired) electrons. The molecule has 2 aromatic carbocycles. The molecule has 0 unspecified atom stereocenters. The lowest BCUT2D eigenvalue weighted by atomic mass is 9.53. The zero-order chi connectivity index (χ0) is 17.9. The van der Waals surface area contributed by atoms with Crippen LogP contribution in [-0.2, 0) is 0 Å². The van der Waals surface area contributed by atoms with Gasteiger partial charge in [0.15, 0.2) is 0 Å². The molecule has 4 saturated carbocycles. The first-order valence-electron chi connectivity index (χ1n) is 9.70. The first-order chi connectivity index (χ1) is 12.5. The monoisotopic (exact) mass is 347 g/mol. The summed E-state index contributed by atoms with van der Waals surface area (Å²) in [7, 11) is 0. The van der Waals surface area contributed by atoms with Crippen LogP contribution in [0.15, 0.2) is 36.4 Å². The third-order valence-electron chi connectivity index (χ3n) is 6.83. The number of nitrogen functional groups attached to an aromatic ring is 1. The highest BCUT2D eigenvalue weighted by molar-refractivity contribution is 6.02. The lowest BCUT2D eigenvalue weighted by Gasteiger charge is -2.56. The van der Waals surface area contributed by atoms with Crippen LogP contribution < -0.4 is 11.1 Å². The molecule has 4 aliphatic carbocycles. The summed E-state index contributed by atoms with van der Waals surface area (Å²) in [5.74, 6) is 2.59. The van der Waals surface area contributed by atoms with Crippen molar-refractivity contribution < 1.29 is 4.79 Å². The number of rotatable bonds is 3. The molecular weight excluding hydrogens is 322 g/mol. The minimum Gasteiger partial charge on any atom is -0.384 e. The highest BCUT2D eigenvalue weighted by atomic mass is 16.1. The van der Waals surface area contributed by atoms with Gasteiger partial charge < -0.3 is 11.1 Å². The van der Waals surface area contributed by atoms with Crippen molar-refractivity contribution in [3.63, 3.8) is 0 Å². The van der Waals surface area contributed by atoms with Gasteiger partial charge in [-0.1, -0.05) is 18.2 Å². The van der Waals surface area contributed by atoms with Crippen molar-refractivity contribution in [2.75, 3.05) is 0 Å². The topological polar surface area (TPSA) is 79.0 Å². The van der Waals surface area contributed by atoms with Gasteiger partial charge in [0.2, 0.25) is 0 Å². The molecule has 0 atom stereocenters. The average Bonchev–Trinajstić information content (AvgIpc) is 2.59. The summed E-state index contributed by atoms with van der Waals surface area (Å²) in [6.45, 7) is 0. The second kappa shape index (κ2) is 5.57. The summed E-state index contributed by atoms with van der Waals surface area (Å²) in [5, 5.41) is 13.0. The highest BCUT2D eigenvalue weighted by Crippen LogP contribution is 2.55. The van der Waals surface area contributed by atoms with Crippen LogP contribution in [0, 0.1) is 23.2 Å². The van der Waals surface area contributed by atoms with Crippen molar-refractivity contribution in [1.29, 1.82) is 5.41 Å². The third-order valence-corrected chi connectivity index (χ3v) is 6.83. The molecule has 0 spiro atoms. The molecule has 4 bridgehead atoms. The molecule has 26 heavy (non-hydrogen) atoms. The molecule has 4 aliphatic rings. The molecule has 2 aromatic rings. The standard InChI is InChI=1S/C22H25N3O/c23-20(24)18-3-1-17-9-19(4-2-16(17)8-18)21(26)25-22-10-13-5-14(11-22)7-15(6-13)12-22/h1-4,8-9,13-15H,5-7,10-12H2,(H3,23,24)(H,25,26). The Morgan fingerprint density at radius 1 is 0.923 bits per heavy atom. The van der Waals surface area contributed by atoms with E-state index in [1.165, 1.54) is 38.5 Å². The van der Waals surface area contributed by atoms with Gasteiger partial charge in [-0.05, 0) is 85.3 Å². The number of fused-ring (bicyclic) bond motifs is 1. The minimum absolute atomic E-state index is 0.0410. The largest absolute Gasteiger partial charge is 0.384 e. The molecule has 0 aliphatic heterocycles. The Bertz CT molecular complexity index is 881. The second-order valence-corrected chi connectivity index (χ2v) is 8.84. The maximum Gasteiger partial charge on any atom is 0.251 e. The fourth-order valence-corrected chi connectivity index (χ4v) is 6.13. The number of nitrogens with two attached hydrogens (primary N) is 1. The van der Waals surface area contributed by atoms with Gasteiger partial charge in [0.05, 0.1) is 0 Å². The maximum absolute atomic E-state index is 13.0. The number of carbonyl (C=O) groups is 1. The van der Waals surface area contributed by atoms with Crippen LogP contribution in [0.4, 0.5) is 0 Å². The van der Waals surface area contributed by atoms with E-state index in [1.807, 2.05) is 36.4 Å². The van der Waals surface area contributed by atoms with E-state index in [2.05, 4.69) is 5.32 Å². The number of benzene rings is 2. The van der Waals surface area contributed by atoms with Crippen molar-refractivity contribution in [2.24, 2.45) is 23.5 Å². The van der Waals surface area contributed by atoms with Gasteiger partial charge in [0, 0.05) is 16.7 Å². The van der Waals surface area contributed by atoms with E-state index in [9.17, 15) is 4.79 Å². The van der Waals surface area contributed by atoms with Crippen molar-refractivity contribution in [1.82, 2.24) is 5.32 Å². The number of amides is 1. The number of hydrogen-bond donors (Lipinski definition) is 3. The zero-order valence-electron chi connectivity index (χ0n) is 14.9. The van der Waals surface area contributed by atoms with Crippen LogP contribution >= 0.6 is 0 Å². The van der Waals surface area contributed by atoms with Crippen molar-refractivity contribution in [3.05, 3.63) is 47.5 Å². The summed E-state index contributed by atoms with van der Waals surface area (Å²) in [5.41, 5.74) is 7.05. The van der Waals surface area contributed by atoms with E-state index >= 15 is 0 Å². The van der Waals surface area contributed by atoms with E-state index in [0.29, 0.717) is 5.56 Å². The Hall–Kier alpha value is -2.36. The number of hydrogen-bond acceptors (Lipinski definition) is 2. The molecule has 6 rings (SSSR count). The summed E-state index contributed by atoms with van der Waals surface area (Å²) in [6, 6.07) is 11.5. The normalized spacial score (nSPS) is 31.9. The first kappa shape index (κ1) is 15.9. The maximum atomic E-state index is 13.0. The van der Waals surface area contributed by atoms with Gasteiger partial charge in [0.1, 0.15) is 5.84 Å². The van der Waals surface area contributed by atoms with Crippen LogP contribution in [0.25, 0.3) is 10.8 Å². The fraction of sp³-hybridized carbons (Fsp3) is 0.455. The Morgan fingerprint density at radius 3 is 1.96 bits per heavy atom. The zero-order valence-corrected chi connectivity index (χ0v) is 14.9. The summed E-state index contributed by atoms with van der Waals surface area (Å²) in [4.78, 5) is 13.0. The first-order valence-corrected chi connectivity index (χ1v) is 9.70. The molecule has 0 heterocycles. The molecule has 134 valence electrons. The predicted molar refractivity (Wildman–Crippen MR) is 103 cm³/mol. The molecule has 1 amide bonds. The fourth-order valence-electron chi connectivity index (χ4n) is 6.13. The lowest BCUT2D eigenvalue weighted by Crippen LogP contribution is -2.59. The number of carbonyl (C=O) groups excluding carboxylic acids is 1. The molecule has 4 N–H and O–H groups in total. The van der Waals surface area contributed by atoms with Crippen LogP contribution in [-0.4, -0.2) is 17.3 Å². The number of nitrogens with one attached hydrogen (secondary N) is 2. The lowest BCUT2D eigenvalue weighted by molar-refractivity contribution is -0.0167. The molecule has 4 heteroatoms. The number of amidine groups is 1. The second-order valence-electron chi connectivity index (χ2n) is 8.84. The van der Waals surface area contributed by atoms with E-state index in [4.69, 9.17) is 11.1 Å². The van der Waals surface area contributed by atoms with Gasteiger partial charge in [-0.25, -0.2) is 0 Å². The summed E-state index contributed by atoms with van der Waals surface area (Å²) < 4.78 is 0. The third kappa shape index (κ3) is 2.59. The van der Waals surface area contributed by atoms with Crippen LogP contribution in [0.1, 0.15) is 54.4 Å². The van der Waals surface area contributed by atoms with Crippen LogP contribution in [0.5, 0.6) is 0 Å². The van der Waals surface area contributed by atoms with Crippen LogP contribution in [0.3, 0.4) is 0 Å². The predicted octanol–water partition coefficient (Wildman–Crippen LogP) is 3.82. The highest BCUT2D eigenvalue weighted by Gasteiger charge is 2.51. The average molecular weight is 347 g/mol. The Labute approximate surface area is 153 Å². The van der Waals surface area contributed by atoms with Crippen molar-refractivity contribution in [2.45, 2.75) is 44.1 Å². The Balaban J connectivity index is 1.40. The van der Waals surface area contributed by atoms with Gasteiger partial charge in [-0.2, -0.15) is 0 Å². The SMILES string of the molecule is N=C(N)c1ccc2cc(C(=O)NC34CC5CC(CC(C5)C3)C4)ccc2c1. The quantitative estimate of drug-likeness (QED) is 0.583. The Morgan fingerprint density at radius 2 is 1.42 bits per heavy atom. The summed E-state index contributed by atoms with van der Waals surface area (Å²) in [6.07, 6.45) is 7.64. The Kier molecular flexibility index (Phi) is 3.40. The van der Waals surface area contributed by atoms with Gasteiger partial charge in [-0.3, -0.25) is 10.2 Å². The van der Waals surface area contributed by atoms with E-state index in [-0.39, 0.29) is 17.3 Å². The van der Waals surface area contributed by atoms with Gasteiger partial charge in [0.25, 0.3) is 5.91 Å². The van der Waals surface area contributed by atoms with Gasteiger partial charge in [-0.15, -0.1) is 0 Å². The molecule has 0 saturated heterocycles. The molecule has 4 fully saturated rings. The van der Waals surface area contributed by atoms with Crippen LogP contribution in [0.2, 0.25) is 0 Å². The van der Waals surface area contributed by atoms with E-state index in [1.54, 1.807) is 0 Å². The van der Waals surface area contributed by atoms with Crippen molar-refractivity contribution in [3.8, 4) is 0 Å². The van der Waals surface area contributed by atoms with Gasteiger partial charge >= 0.3 is 0 Å². The molecule has 4 nitrogen and oxygen atoms in total. The molecular formula is C22H25N3O. The summed E-state index contributed by atoms with van der Waals surface area (Å²) >= 11 is 0. The van der Waals surface area contributed by atoms with Crippen molar-refractivity contribution >= 4 is 22.5 Å². The smallest absolute Gasteiger partial charge is 0.251 e. The van der Waals surface area contributed by atoms with E-state index < -0.39 is 0 Å². The van der Waals surface area contributed by atoms with E-state index in [0.717, 1.165) is 34.1 Å². The minimum atomic E-state index is 0.0410.